The summed E-state index contributed by atoms with van der Waals surface area (Å²) in [6, 6.07) is 8.84. The van der Waals surface area contributed by atoms with Crippen LogP contribution in [-0.4, -0.2) is 21.6 Å². The Morgan fingerprint density at radius 2 is 2.17 bits per heavy atom. The van der Waals surface area contributed by atoms with Crippen LogP contribution in [-0.2, 0) is 0 Å². The predicted molar refractivity (Wildman–Crippen MR) is 67.5 cm³/mol. The highest BCUT2D eigenvalue weighted by molar-refractivity contribution is 5.60. The quantitative estimate of drug-likeness (QED) is 0.890. The van der Waals surface area contributed by atoms with Gasteiger partial charge in [-0.1, -0.05) is 6.07 Å². The van der Waals surface area contributed by atoms with Gasteiger partial charge in [-0.05, 0) is 19.1 Å². The van der Waals surface area contributed by atoms with Crippen LogP contribution in [0.5, 0.6) is 5.75 Å². The second-order valence-corrected chi connectivity index (χ2v) is 3.64. The van der Waals surface area contributed by atoms with Crippen LogP contribution in [0.25, 0.3) is 0 Å². The average Bonchev–Trinajstić information content (AvgIpc) is 2.40. The molecule has 0 bridgehead atoms. The van der Waals surface area contributed by atoms with Crippen molar-refractivity contribution in [3.05, 3.63) is 42.4 Å². The number of benzene rings is 1. The molecule has 0 aliphatic carbocycles. The Kier molecular flexibility index (Phi) is 3.39. The molecule has 0 radical (unpaired) electrons. The molecule has 0 aliphatic heterocycles. The standard InChI is InChI=1S/C13H12N4O/c1-2-17(11-4-3-5-12(18)6-11)13-9-15-10(7-14)8-16-13/h3-6,8-9,18H,2H2,1H3. The lowest BCUT2D eigenvalue weighted by Gasteiger charge is -2.21. The summed E-state index contributed by atoms with van der Waals surface area (Å²) in [6.07, 6.45) is 2.98. The van der Waals surface area contributed by atoms with Gasteiger partial charge in [0.25, 0.3) is 0 Å². The first-order valence-electron chi connectivity index (χ1n) is 5.53. The highest BCUT2D eigenvalue weighted by Gasteiger charge is 2.09. The number of nitrogens with zero attached hydrogens (tertiary/aromatic N) is 4. The van der Waals surface area contributed by atoms with E-state index in [9.17, 15) is 5.11 Å². The number of aromatic hydroxyl groups is 1. The maximum absolute atomic E-state index is 9.48. The van der Waals surface area contributed by atoms with Crippen molar-refractivity contribution in [2.24, 2.45) is 0 Å². The average molecular weight is 240 g/mol. The molecular weight excluding hydrogens is 228 g/mol. The molecule has 2 rings (SSSR count). The second-order valence-electron chi connectivity index (χ2n) is 3.64. The maximum Gasteiger partial charge on any atom is 0.158 e. The van der Waals surface area contributed by atoms with E-state index in [-0.39, 0.29) is 11.4 Å². The zero-order valence-electron chi connectivity index (χ0n) is 9.91. The molecule has 0 saturated heterocycles. The molecule has 1 aromatic heterocycles. The number of anilines is 2. The Balaban J connectivity index is 2.36. The van der Waals surface area contributed by atoms with Gasteiger partial charge in [-0.25, -0.2) is 9.97 Å². The number of phenols is 1. The fourth-order valence-electron chi connectivity index (χ4n) is 1.66. The second kappa shape index (κ2) is 5.15. The van der Waals surface area contributed by atoms with E-state index in [1.54, 1.807) is 24.4 Å². The summed E-state index contributed by atoms with van der Waals surface area (Å²) in [5, 5.41) is 18.2. The van der Waals surface area contributed by atoms with Crippen LogP contribution in [0, 0.1) is 11.3 Å². The SMILES string of the molecule is CCN(c1cccc(O)c1)c1cnc(C#N)cn1. The van der Waals surface area contributed by atoms with Gasteiger partial charge in [-0.3, -0.25) is 0 Å². The zero-order chi connectivity index (χ0) is 13.0. The summed E-state index contributed by atoms with van der Waals surface area (Å²) in [4.78, 5) is 10.1. The van der Waals surface area contributed by atoms with Gasteiger partial charge in [0.2, 0.25) is 0 Å². The molecule has 5 nitrogen and oxygen atoms in total. The van der Waals surface area contributed by atoms with Crippen LogP contribution in [0.15, 0.2) is 36.7 Å². The van der Waals surface area contributed by atoms with E-state index in [4.69, 9.17) is 5.26 Å². The van der Waals surface area contributed by atoms with Gasteiger partial charge < -0.3 is 10.0 Å². The number of nitriles is 1. The van der Waals surface area contributed by atoms with Crippen molar-refractivity contribution in [3.8, 4) is 11.8 Å². The van der Waals surface area contributed by atoms with Gasteiger partial charge >= 0.3 is 0 Å². The van der Waals surface area contributed by atoms with E-state index in [1.165, 1.54) is 6.20 Å². The smallest absolute Gasteiger partial charge is 0.158 e. The van der Waals surface area contributed by atoms with Crippen molar-refractivity contribution in [1.82, 2.24) is 9.97 Å². The first-order valence-corrected chi connectivity index (χ1v) is 5.53. The van der Waals surface area contributed by atoms with E-state index in [0.29, 0.717) is 12.4 Å². The minimum absolute atomic E-state index is 0.201. The summed E-state index contributed by atoms with van der Waals surface area (Å²) in [5.41, 5.74) is 1.11. The third-order valence-electron chi connectivity index (χ3n) is 2.49. The van der Waals surface area contributed by atoms with Crippen molar-refractivity contribution < 1.29 is 5.11 Å². The van der Waals surface area contributed by atoms with Crippen LogP contribution in [0.2, 0.25) is 0 Å². The lowest BCUT2D eigenvalue weighted by molar-refractivity contribution is 0.475. The fraction of sp³-hybridized carbons (Fsp3) is 0.154. The highest BCUT2D eigenvalue weighted by atomic mass is 16.3. The molecule has 5 heteroatoms. The highest BCUT2D eigenvalue weighted by Crippen LogP contribution is 2.25. The van der Waals surface area contributed by atoms with E-state index in [1.807, 2.05) is 24.0 Å². The Hall–Kier alpha value is -2.61. The maximum atomic E-state index is 9.48. The summed E-state index contributed by atoms with van der Waals surface area (Å²) < 4.78 is 0. The molecule has 0 spiro atoms. The van der Waals surface area contributed by atoms with E-state index in [2.05, 4.69) is 9.97 Å². The zero-order valence-corrected chi connectivity index (χ0v) is 9.91. The van der Waals surface area contributed by atoms with Gasteiger partial charge in [0.15, 0.2) is 11.5 Å². The van der Waals surface area contributed by atoms with Crippen molar-refractivity contribution >= 4 is 11.5 Å². The Labute approximate surface area is 105 Å². The molecule has 0 fully saturated rings. The van der Waals surface area contributed by atoms with Gasteiger partial charge in [0, 0.05) is 18.3 Å². The first kappa shape index (κ1) is 11.9. The summed E-state index contributed by atoms with van der Waals surface area (Å²) >= 11 is 0. The van der Waals surface area contributed by atoms with E-state index >= 15 is 0 Å². The molecule has 1 aromatic carbocycles. The number of hydrogen-bond acceptors (Lipinski definition) is 5. The Morgan fingerprint density at radius 1 is 1.33 bits per heavy atom. The third kappa shape index (κ3) is 2.38. The molecule has 18 heavy (non-hydrogen) atoms. The van der Waals surface area contributed by atoms with E-state index in [0.717, 1.165) is 5.69 Å². The number of hydrogen-bond donors (Lipinski definition) is 1. The minimum Gasteiger partial charge on any atom is -0.508 e. The molecule has 1 heterocycles. The molecule has 0 atom stereocenters. The normalized spacial score (nSPS) is 9.78. The van der Waals surface area contributed by atoms with Crippen molar-refractivity contribution in [2.45, 2.75) is 6.92 Å². The monoisotopic (exact) mass is 240 g/mol. The van der Waals surface area contributed by atoms with Crippen LogP contribution < -0.4 is 4.90 Å². The summed E-state index contributed by atoms with van der Waals surface area (Å²) in [7, 11) is 0. The van der Waals surface area contributed by atoms with Crippen LogP contribution >= 0.6 is 0 Å². The number of aromatic nitrogens is 2. The Morgan fingerprint density at radius 3 is 2.72 bits per heavy atom. The Bertz CT molecular complexity index is 574. The molecule has 0 amide bonds. The van der Waals surface area contributed by atoms with Gasteiger partial charge in [0.1, 0.15) is 11.8 Å². The molecule has 0 saturated carbocycles. The molecule has 90 valence electrons. The molecule has 0 unspecified atom stereocenters. The van der Waals surface area contributed by atoms with Gasteiger partial charge in [0.05, 0.1) is 12.4 Å². The predicted octanol–water partition coefficient (Wildman–Crippen LogP) is 2.21. The van der Waals surface area contributed by atoms with Crippen molar-refractivity contribution in [1.29, 1.82) is 5.26 Å². The molecule has 2 aromatic rings. The van der Waals surface area contributed by atoms with Gasteiger partial charge in [-0.15, -0.1) is 0 Å². The van der Waals surface area contributed by atoms with Crippen molar-refractivity contribution in [3.63, 3.8) is 0 Å². The van der Waals surface area contributed by atoms with Crippen LogP contribution in [0.4, 0.5) is 11.5 Å². The molecule has 0 aliphatic rings. The first-order chi connectivity index (χ1) is 8.74. The van der Waals surface area contributed by atoms with Crippen LogP contribution in [0.1, 0.15) is 12.6 Å². The molecular formula is C13H12N4O. The topological polar surface area (TPSA) is 73.0 Å². The third-order valence-corrected chi connectivity index (χ3v) is 2.49. The minimum atomic E-state index is 0.201. The molecule has 1 N–H and O–H groups in total. The lowest BCUT2D eigenvalue weighted by atomic mass is 10.2. The number of phenolic OH excluding ortho intramolecular Hbond substituents is 1. The van der Waals surface area contributed by atoms with Crippen LogP contribution in [0.3, 0.4) is 0 Å². The van der Waals surface area contributed by atoms with Crippen molar-refractivity contribution in [2.75, 3.05) is 11.4 Å². The fourth-order valence-corrected chi connectivity index (χ4v) is 1.66. The summed E-state index contributed by atoms with van der Waals surface area (Å²) in [6.45, 7) is 2.66. The summed E-state index contributed by atoms with van der Waals surface area (Å²) in [5.74, 6) is 0.842. The lowest BCUT2D eigenvalue weighted by Crippen LogP contribution is -2.17. The van der Waals surface area contributed by atoms with E-state index < -0.39 is 0 Å². The van der Waals surface area contributed by atoms with Gasteiger partial charge in [-0.2, -0.15) is 5.26 Å². The number of rotatable bonds is 3. The largest absolute Gasteiger partial charge is 0.508 e.